The third-order valence-corrected chi connectivity index (χ3v) is 3.98. The molecule has 1 aliphatic carbocycles. The van der Waals surface area contributed by atoms with Gasteiger partial charge in [-0.05, 0) is 12.0 Å². The minimum atomic E-state index is 0.0816. The maximum absolute atomic E-state index is 3.72. The average molecular weight is 263 g/mol. The molecule has 0 aliphatic heterocycles. The maximum Gasteiger partial charge on any atom is 0.0614 e. The standard InChI is InChI=1S/C14H15Br/c1-2-14(15)10-8-13(9-11-14)12-6-4-3-5-7-12/h3-11,13H,2H2,1H3. The molecule has 0 heterocycles. The van der Waals surface area contributed by atoms with Gasteiger partial charge in [0.1, 0.15) is 0 Å². The summed E-state index contributed by atoms with van der Waals surface area (Å²) in [7, 11) is 0. The number of rotatable bonds is 2. The van der Waals surface area contributed by atoms with Gasteiger partial charge in [0.05, 0.1) is 4.32 Å². The Morgan fingerprint density at radius 3 is 2.27 bits per heavy atom. The third-order valence-electron chi connectivity index (χ3n) is 2.89. The first-order chi connectivity index (χ1) is 7.23. The highest BCUT2D eigenvalue weighted by Crippen LogP contribution is 2.33. The van der Waals surface area contributed by atoms with Crippen LogP contribution in [-0.2, 0) is 0 Å². The lowest BCUT2D eigenvalue weighted by atomic mass is 9.90. The molecule has 1 aromatic carbocycles. The van der Waals surface area contributed by atoms with Gasteiger partial charge in [0, 0.05) is 5.92 Å². The zero-order chi connectivity index (χ0) is 10.7. The molecule has 0 saturated heterocycles. The fraction of sp³-hybridized carbons (Fsp3) is 0.286. The first-order valence-electron chi connectivity index (χ1n) is 5.36. The number of hydrogen-bond acceptors (Lipinski definition) is 0. The van der Waals surface area contributed by atoms with Crippen molar-refractivity contribution in [2.45, 2.75) is 23.6 Å². The predicted octanol–water partition coefficient (Wildman–Crippen LogP) is 4.44. The van der Waals surface area contributed by atoms with Crippen LogP contribution >= 0.6 is 15.9 Å². The first kappa shape index (κ1) is 10.7. The zero-order valence-corrected chi connectivity index (χ0v) is 10.4. The van der Waals surface area contributed by atoms with Crippen LogP contribution in [0.3, 0.4) is 0 Å². The van der Waals surface area contributed by atoms with Crippen molar-refractivity contribution >= 4 is 15.9 Å². The van der Waals surface area contributed by atoms with Gasteiger partial charge in [0.25, 0.3) is 0 Å². The largest absolute Gasteiger partial charge is 0.0762 e. The highest BCUT2D eigenvalue weighted by Gasteiger charge is 2.21. The highest BCUT2D eigenvalue weighted by atomic mass is 79.9. The van der Waals surface area contributed by atoms with Crippen molar-refractivity contribution in [3.05, 3.63) is 60.2 Å². The predicted molar refractivity (Wildman–Crippen MR) is 69.4 cm³/mol. The molecule has 1 aromatic rings. The van der Waals surface area contributed by atoms with Gasteiger partial charge in [-0.2, -0.15) is 0 Å². The third kappa shape index (κ3) is 2.40. The van der Waals surface area contributed by atoms with E-state index in [1.165, 1.54) is 5.56 Å². The molecular weight excluding hydrogens is 248 g/mol. The van der Waals surface area contributed by atoms with Crippen LogP contribution in [0.2, 0.25) is 0 Å². The Labute approximate surface area is 99.8 Å². The minimum absolute atomic E-state index is 0.0816. The molecular formula is C14H15Br. The molecule has 0 saturated carbocycles. The number of allylic oxidation sites excluding steroid dienone is 4. The van der Waals surface area contributed by atoms with Crippen LogP contribution in [0.15, 0.2) is 54.6 Å². The molecule has 0 N–H and O–H groups in total. The second kappa shape index (κ2) is 4.36. The van der Waals surface area contributed by atoms with Crippen LogP contribution in [0.5, 0.6) is 0 Å². The summed E-state index contributed by atoms with van der Waals surface area (Å²) < 4.78 is 0.0816. The molecule has 0 atom stereocenters. The van der Waals surface area contributed by atoms with E-state index >= 15 is 0 Å². The van der Waals surface area contributed by atoms with Gasteiger partial charge in [0.2, 0.25) is 0 Å². The molecule has 0 aromatic heterocycles. The van der Waals surface area contributed by atoms with Crippen molar-refractivity contribution in [1.29, 1.82) is 0 Å². The Kier molecular flexibility index (Phi) is 3.11. The SMILES string of the molecule is CCC1(Br)C=CC(c2ccccc2)C=C1. The monoisotopic (exact) mass is 262 g/mol. The maximum atomic E-state index is 3.72. The van der Waals surface area contributed by atoms with E-state index in [0.717, 1.165) is 6.42 Å². The van der Waals surface area contributed by atoms with E-state index in [4.69, 9.17) is 0 Å². The topological polar surface area (TPSA) is 0 Å². The van der Waals surface area contributed by atoms with Crippen LogP contribution in [0.1, 0.15) is 24.8 Å². The molecule has 0 amide bonds. The number of alkyl halides is 1. The van der Waals surface area contributed by atoms with E-state index in [-0.39, 0.29) is 4.32 Å². The summed E-state index contributed by atoms with van der Waals surface area (Å²) in [6, 6.07) is 10.6. The van der Waals surface area contributed by atoms with Crippen molar-refractivity contribution in [1.82, 2.24) is 0 Å². The Morgan fingerprint density at radius 1 is 1.13 bits per heavy atom. The Bertz CT molecular complexity index is 362. The molecule has 0 spiro atoms. The Hall–Kier alpha value is -0.820. The van der Waals surface area contributed by atoms with E-state index in [9.17, 15) is 0 Å². The fourth-order valence-electron chi connectivity index (χ4n) is 1.78. The van der Waals surface area contributed by atoms with Gasteiger partial charge in [-0.3, -0.25) is 0 Å². The molecule has 0 fully saturated rings. The van der Waals surface area contributed by atoms with Gasteiger partial charge in [-0.15, -0.1) is 0 Å². The van der Waals surface area contributed by atoms with Crippen molar-refractivity contribution in [2.24, 2.45) is 0 Å². The van der Waals surface area contributed by atoms with Crippen LogP contribution in [0.4, 0.5) is 0 Å². The Balaban J connectivity index is 2.18. The summed E-state index contributed by atoms with van der Waals surface area (Å²) in [6.07, 6.45) is 10.1. The molecule has 0 radical (unpaired) electrons. The fourth-order valence-corrected chi connectivity index (χ4v) is 2.09. The van der Waals surface area contributed by atoms with Gasteiger partial charge >= 0.3 is 0 Å². The lowest BCUT2D eigenvalue weighted by Crippen LogP contribution is -2.15. The normalized spacial score (nSPS) is 29.3. The summed E-state index contributed by atoms with van der Waals surface area (Å²) in [5.74, 6) is 0.434. The van der Waals surface area contributed by atoms with E-state index in [1.807, 2.05) is 0 Å². The minimum Gasteiger partial charge on any atom is -0.0762 e. The van der Waals surface area contributed by atoms with Crippen molar-refractivity contribution < 1.29 is 0 Å². The smallest absolute Gasteiger partial charge is 0.0614 e. The van der Waals surface area contributed by atoms with E-state index in [1.54, 1.807) is 0 Å². The summed E-state index contributed by atoms with van der Waals surface area (Å²) in [5, 5.41) is 0. The lowest BCUT2D eigenvalue weighted by molar-refractivity contribution is 0.815. The second-order valence-corrected chi connectivity index (χ2v) is 5.41. The molecule has 1 heteroatoms. The average Bonchev–Trinajstić information content (AvgIpc) is 2.31. The van der Waals surface area contributed by atoms with E-state index in [2.05, 4.69) is 77.5 Å². The summed E-state index contributed by atoms with van der Waals surface area (Å²) in [6.45, 7) is 2.19. The second-order valence-electron chi connectivity index (χ2n) is 3.94. The van der Waals surface area contributed by atoms with Gasteiger partial charge in [-0.1, -0.05) is 77.5 Å². The quantitative estimate of drug-likeness (QED) is 0.546. The van der Waals surface area contributed by atoms with Gasteiger partial charge in [0.15, 0.2) is 0 Å². The van der Waals surface area contributed by atoms with Gasteiger partial charge < -0.3 is 0 Å². The summed E-state index contributed by atoms with van der Waals surface area (Å²) in [5.41, 5.74) is 1.36. The molecule has 78 valence electrons. The molecule has 1 aliphatic rings. The number of benzene rings is 1. The van der Waals surface area contributed by atoms with E-state index in [0.29, 0.717) is 5.92 Å². The Morgan fingerprint density at radius 2 is 1.73 bits per heavy atom. The molecule has 0 unspecified atom stereocenters. The molecule has 15 heavy (non-hydrogen) atoms. The van der Waals surface area contributed by atoms with E-state index < -0.39 is 0 Å². The number of halogens is 1. The van der Waals surface area contributed by atoms with Crippen molar-refractivity contribution in [2.75, 3.05) is 0 Å². The highest BCUT2D eigenvalue weighted by molar-refractivity contribution is 9.10. The zero-order valence-electron chi connectivity index (χ0n) is 8.86. The summed E-state index contributed by atoms with van der Waals surface area (Å²) >= 11 is 3.72. The van der Waals surface area contributed by atoms with Crippen molar-refractivity contribution in [3.63, 3.8) is 0 Å². The molecule has 0 bridgehead atoms. The van der Waals surface area contributed by atoms with Crippen LogP contribution in [0.25, 0.3) is 0 Å². The van der Waals surface area contributed by atoms with Crippen LogP contribution in [0, 0.1) is 0 Å². The summed E-state index contributed by atoms with van der Waals surface area (Å²) in [4.78, 5) is 0. The van der Waals surface area contributed by atoms with Crippen molar-refractivity contribution in [3.8, 4) is 0 Å². The molecule has 2 rings (SSSR count). The van der Waals surface area contributed by atoms with Crippen LogP contribution < -0.4 is 0 Å². The first-order valence-corrected chi connectivity index (χ1v) is 6.15. The van der Waals surface area contributed by atoms with Gasteiger partial charge in [-0.25, -0.2) is 0 Å². The molecule has 0 nitrogen and oxygen atoms in total. The lowest BCUT2D eigenvalue weighted by Gasteiger charge is -2.23. The number of hydrogen-bond donors (Lipinski definition) is 0. The van der Waals surface area contributed by atoms with Crippen LogP contribution in [-0.4, -0.2) is 4.32 Å².